The third kappa shape index (κ3) is 3.33. The molecule has 34 heavy (non-hydrogen) atoms. The van der Waals surface area contributed by atoms with Crippen LogP contribution in [0.2, 0.25) is 0 Å². The van der Waals surface area contributed by atoms with Gasteiger partial charge in [0.25, 0.3) is 0 Å². The molecule has 2 fully saturated rings. The van der Waals surface area contributed by atoms with Crippen molar-refractivity contribution in [2.75, 3.05) is 5.32 Å². The number of fused-ring (bicyclic) bond motifs is 1. The Bertz CT molecular complexity index is 1110. The van der Waals surface area contributed by atoms with Gasteiger partial charge in [0.15, 0.2) is 0 Å². The van der Waals surface area contributed by atoms with Gasteiger partial charge in [-0.15, -0.1) is 0 Å². The van der Waals surface area contributed by atoms with E-state index in [-0.39, 0.29) is 17.5 Å². The molecule has 1 atom stereocenters. The number of benzene rings is 2. The molecule has 0 bridgehead atoms. The van der Waals surface area contributed by atoms with E-state index in [9.17, 15) is 18.0 Å². The summed E-state index contributed by atoms with van der Waals surface area (Å²) in [6, 6.07) is 11.6. The Balaban J connectivity index is 1.60. The second-order valence-electron chi connectivity index (χ2n) is 10.7. The summed E-state index contributed by atoms with van der Waals surface area (Å²) in [7, 11) is -0.553. The molecule has 8 heteroatoms. The molecule has 5 rings (SSSR count). The molecule has 4 nitrogen and oxygen atoms in total. The average Bonchev–Trinajstić information content (AvgIpc) is 3.43. The number of hydrogen-bond acceptors (Lipinski definition) is 3. The van der Waals surface area contributed by atoms with E-state index < -0.39 is 35.5 Å². The van der Waals surface area contributed by atoms with Crippen molar-refractivity contribution < 1.29 is 27.3 Å². The van der Waals surface area contributed by atoms with Crippen LogP contribution in [0, 0.1) is 5.92 Å². The Morgan fingerprint density at radius 2 is 1.53 bits per heavy atom. The number of carbonyl (C=O) groups is 1. The molecule has 1 N–H and O–H groups in total. The van der Waals surface area contributed by atoms with E-state index in [1.807, 2.05) is 52.0 Å². The summed E-state index contributed by atoms with van der Waals surface area (Å²) in [4.78, 5) is 13.6. The maximum atomic E-state index is 13.8. The lowest BCUT2D eigenvalue weighted by Gasteiger charge is -2.34. The molecule has 180 valence electrons. The van der Waals surface area contributed by atoms with Gasteiger partial charge in [-0.05, 0) is 69.1 Å². The number of rotatable bonds is 3. The van der Waals surface area contributed by atoms with E-state index in [1.165, 1.54) is 6.07 Å². The summed E-state index contributed by atoms with van der Waals surface area (Å²) < 4.78 is 53.6. The topological polar surface area (TPSA) is 47.6 Å². The van der Waals surface area contributed by atoms with Crippen LogP contribution in [0.1, 0.15) is 70.1 Å². The SMILES string of the molecule is CC1(C)OB(c2ccc(C3(C4CCCC4)C(=O)Nc4c(C(F)(F)F)cccc43)cc2)OC1(C)C. The van der Waals surface area contributed by atoms with Gasteiger partial charge in [-0.1, -0.05) is 49.2 Å². The lowest BCUT2D eigenvalue weighted by atomic mass is 9.64. The molecule has 3 aliphatic rings. The van der Waals surface area contributed by atoms with Gasteiger partial charge in [0.1, 0.15) is 5.41 Å². The lowest BCUT2D eigenvalue weighted by molar-refractivity contribution is -0.136. The maximum absolute atomic E-state index is 13.8. The Kier molecular flexibility index (Phi) is 5.23. The Hall–Kier alpha value is -2.32. The van der Waals surface area contributed by atoms with Gasteiger partial charge >= 0.3 is 13.3 Å². The van der Waals surface area contributed by atoms with Gasteiger partial charge in [0.2, 0.25) is 5.91 Å². The monoisotopic (exact) mass is 471 g/mol. The number of nitrogens with one attached hydrogen (secondary N) is 1. The van der Waals surface area contributed by atoms with Gasteiger partial charge < -0.3 is 14.6 Å². The fraction of sp³-hybridized carbons (Fsp3) is 0.500. The van der Waals surface area contributed by atoms with Crippen molar-refractivity contribution in [3.63, 3.8) is 0 Å². The summed E-state index contributed by atoms with van der Waals surface area (Å²) in [5, 5.41) is 2.62. The maximum Gasteiger partial charge on any atom is 0.494 e. The number of anilines is 1. The number of carbonyl (C=O) groups excluding carboxylic acids is 1. The highest BCUT2D eigenvalue weighted by molar-refractivity contribution is 6.62. The fourth-order valence-electron chi connectivity index (χ4n) is 5.75. The number of alkyl halides is 3. The Morgan fingerprint density at radius 1 is 0.941 bits per heavy atom. The lowest BCUT2D eigenvalue weighted by Crippen LogP contribution is -2.42. The zero-order valence-corrected chi connectivity index (χ0v) is 19.9. The standard InChI is InChI=1S/C26H29BF3NO3/c1-23(2)24(3,4)34-27(33-23)18-14-12-17(13-15-18)25(16-8-5-6-9-16)19-10-7-11-20(26(28,29)30)21(19)31-22(25)32/h7,10-16H,5-6,8-9H2,1-4H3,(H,31,32). The second-order valence-corrected chi connectivity index (χ2v) is 10.7. The van der Waals surface area contributed by atoms with E-state index >= 15 is 0 Å². The summed E-state index contributed by atoms with van der Waals surface area (Å²) in [6.07, 6.45) is -1.05. The molecule has 2 aromatic carbocycles. The number of hydrogen-bond donors (Lipinski definition) is 1. The minimum Gasteiger partial charge on any atom is -0.399 e. The van der Waals surface area contributed by atoms with Gasteiger partial charge in [-0.25, -0.2) is 0 Å². The summed E-state index contributed by atoms with van der Waals surface area (Å²) in [5.41, 5.74) is -1.10. The molecule has 2 heterocycles. The predicted octanol–water partition coefficient (Wildman–Crippen LogP) is 5.43. The van der Waals surface area contributed by atoms with Crippen LogP contribution in [0.25, 0.3) is 0 Å². The van der Waals surface area contributed by atoms with Crippen LogP contribution >= 0.6 is 0 Å². The van der Waals surface area contributed by atoms with Crippen molar-refractivity contribution in [3.05, 3.63) is 59.2 Å². The van der Waals surface area contributed by atoms with Gasteiger partial charge in [0, 0.05) is 0 Å². The van der Waals surface area contributed by atoms with Crippen molar-refractivity contribution in [1.82, 2.24) is 0 Å². The molecule has 1 amide bonds. The number of amides is 1. The van der Waals surface area contributed by atoms with Crippen molar-refractivity contribution in [1.29, 1.82) is 0 Å². The van der Waals surface area contributed by atoms with Crippen LogP contribution in [0.5, 0.6) is 0 Å². The molecular formula is C26H29BF3NO3. The molecule has 2 aromatic rings. The van der Waals surface area contributed by atoms with Crippen LogP contribution in [0.15, 0.2) is 42.5 Å². The normalized spacial score (nSPS) is 26.1. The van der Waals surface area contributed by atoms with Crippen molar-refractivity contribution >= 4 is 24.2 Å². The average molecular weight is 471 g/mol. The van der Waals surface area contributed by atoms with Crippen molar-refractivity contribution in [2.45, 2.75) is 76.2 Å². The van der Waals surface area contributed by atoms with E-state index in [0.717, 1.165) is 37.2 Å². The third-order valence-electron chi connectivity index (χ3n) is 8.25. The summed E-state index contributed by atoms with van der Waals surface area (Å²) in [5.74, 6) is -0.450. The quantitative estimate of drug-likeness (QED) is 0.608. The number of halogens is 3. The van der Waals surface area contributed by atoms with Gasteiger partial charge in [-0.2, -0.15) is 13.2 Å². The first-order valence-corrected chi connectivity index (χ1v) is 11.9. The smallest absolute Gasteiger partial charge is 0.399 e. The van der Waals surface area contributed by atoms with E-state index in [0.29, 0.717) is 11.1 Å². The molecule has 0 aromatic heterocycles. The number of para-hydroxylation sites is 1. The zero-order chi connectivity index (χ0) is 24.5. The minimum absolute atomic E-state index is 0.0695. The Labute approximate surface area is 198 Å². The van der Waals surface area contributed by atoms with Crippen LogP contribution in [-0.4, -0.2) is 24.2 Å². The van der Waals surface area contributed by atoms with Crippen molar-refractivity contribution in [2.24, 2.45) is 5.92 Å². The highest BCUT2D eigenvalue weighted by Gasteiger charge is 2.56. The molecule has 2 aliphatic heterocycles. The van der Waals surface area contributed by atoms with Gasteiger partial charge in [-0.3, -0.25) is 4.79 Å². The molecule has 0 radical (unpaired) electrons. The molecule has 0 spiro atoms. The minimum atomic E-state index is -4.55. The first-order valence-electron chi connectivity index (χ1n) is 11.9. The zero-order valence-electron chi connectivity index (χ0n) is 19.9. The van der Waals surface area contributed by atoms with E-state index in [4.69, 9.17) is 9.31 Å². The highest BCUT2D eigenvalue weighted by Crippen LogP contribution is 2.55. The first-order chi connectivity index (χ1) is 15.9. The summed E-state index contributed by atoms with van der Waals surface area (Å²) >= 11 is 0. The van der Waals surface area contributed by atoms with Crippen LogP contribution in [-0.2, 0) is 25.7 Å². The first kappa shape index (κ1) is 23.4. The fourth-order valence-corrected chi connectivity index (χ4v) is 5.75. The molecule has 1 saturated carbocycles. The van der Waals surface area contributed by atoms with Gasteiger partial charge in [0.05, 0.1) is 22.5 Å². The second kappa shape index (κ2) is 7.59. The van der Waals surface area contributed by atoms with E-state index in [1.54, 1.807) is 6.07 Å². The van der Waals surface area contributed by atoms with Crippen molar-refractivity contribution in [3.8, 4) is 0 Å². The molecular weight excluding hydrogens is 442 g/mol. The molecule has 1 aliphatic carbocycles. The highest BCUT2D eigenvalue weighted by atomic mass is 19.4. The van der Waals surface area contributed by atoms with Crippen LogP contribution in [0.4, 0.5) is 18.9 Å². The molecule has 1 unspecified atom stereocenters. The Morgan fingerprint density at radius 3 is 2.09 bits per heavy atom. The largest absolute Gasteiger partial charge is 0.494 e. The van der Waals surface area contributed by atoms with Crippen LogP contribution < -0.4 is 10.8 Å². The van der Waals surface area contributed by atoms with E-state index in [2.05, 4.69) is 5.32 Å². The van der Waals surface area contributed by atoms with Crippen LogP contribution in [0.3, 0.4) is 0 Å². The molecule has 1 saturated heterocycles. The summed E-state index contributed by atoms with van der Waals surface area (Å²) in [6.45, 7) is 7.92. The third-order valence-corrected chi connectivity index (χ3v) is 8.25. The predicted molar refractivity (Wildman–Crippen MR) is 125 cm³/mol.